The molecule has 2 radical (unpaired) electrons. The molecule has 0 saturated carbocycles. The monoisotopic (exact) mass is 160 g/mol. The highest BCUT2D eigenvalue weighted by molar-refractivity contribution is 6.05. The van der Waals surface area contributed by atoms with E-state index in [-0.39, 0.29) is 6.80 Å². The van der Waals surface area contributed by atoms with Gasteiger partial charge in [-0.15, -0.1) is 0 Å². The van der Waals surface area contributed by atoms with Crippen molar-refractivity contribution in [3.05, 3.63) is 0 Å². The first-order valence-electron chi connectivity index (χ1n) is 5.36. The maximum atomic E-state index is 5.99. The zero-order valence-corrected chi connectivity index (χ0v) is 9.41. The fourth-order valence-corrected chi connectivity index (χ4v) is 0. The normalized spacial score (nSPS) is 6.55. The smallest absolute Gasteiger partial charge is 0.0606 e. The molecule has 0 aromatic heterocycles. The number of hydrogen-bond donors (Lipinski definition) is 0. The first kappa shape index (κ1) is 17.2. The molecule has 0 amide bonds. The molecule has 0 N–H and O–H groups in total. The molecule has 0 rings (SSSR count). The van der Waals surface area contributed by atoms with E-state index in [4.69, 9.17) is 1.37 Å². The Morgan fingerprint density at radius 1 is 0.818 bits per heavy atom. The summed E-state index contributed by atoms with van der Waals surface area (Å²) in [5.74, 6) is 0. The second-order valence-corrected chi connectivity index (χ2v) is 2.12. The first-order chi connectivity index (χ1) is 5.66. The van der Waals surface area contributed by atoms with Crippen LogP contribution >= 0.6 is 0 Å². The van der Waals surface area contributed by atoms with E-state index < -0.39 is 0 Å². The molecule has 0 nitrogen and oxygen atoms in total. The fraction of sp³-hybridized carbons (Fsp3) is 1.00. The third kappa shape index (κ3) is 155000. The van der Waals surface area contributed by atoms with Gasteiger partial charge in [0, 0.05) is 1.37 Å². The third-order valence-electron chi connectivity index (χ3n) is 0. The molecular weight excluding hydrogens is 131 g/mol. The Labute approximate surface area is 77.6 Å². The molecule has 0 heterocycles. The molecular formula is C10H27B. The number of hydrogen-bond acceptors (Lipinski definition) is 0. The molecule has 0 aliphatic carbocycles. The summed E-state index contributed by atoms with van der Waals surface area (Å²) in [6, 6.07) is 0. The molecule has 11 heavy (non-hydrogen) atoms. The molecule has 0 atom stereocenters. The van der Waals surface area contributed by atoms with Gasteiger partial charge in [0.25, 0.3) is 0 Å². The van der Waals surface area contributed by atoms with E-state index in [9.17, 15) is 0 Å². The second kappa shape index (κ2) is 88.0. The highest BCUT2D eigenvalue weighted by Gasteiger charge is 1.36. The van der Waals surface area contributed by atoms with Crippen LogP contribution in [-0.2, 0) is 0 Å². The lowest BCUT2D eigenvalue weighted by Crippen LogP contribution is -1.27. The molecule has 0 spiro atoms. The topological polar surface area (TPSA) is 0 Å². The molecule has 0 aliphatic rings. The molecule has 0 aromatic rings. The summed E-state index contributed by atoms with van der Waals surface area (Å²) in [7, 11) is 4.51. The van der Waals surface area contributed by atoms with Crippen LogP contribution in [0.2, 0.25) is 6.80 Å². The molecule has 0 saturated heterocycles. The summed E-state index contributed by atoms with van der Waals surface area (Å²) in [6.45, 7) is 12.8. The van der Waals surface area contributed by atoms with Gasteiger partial charge in [0.1, 0.15) is 0 Å². The van der Waals surface area contributed by atoms with Crippen molar-refractivity contribution >= 4 is 7.85 Å². The van der Waals surface area contributed by atoms with Crippen molar-refractivity contribution in [1.82, 2.24) is 0 Å². The van der Waals surface area contributed by atoms with Crippen molar-refractivity contribution in [1.29, 1.82) is 0 Å². The van der Waals surface area contributed by atoms with Crippen molar-refractivity contribution < 1.29 is 1.37 Å². The van der Waals surface area contributed by atoms with Crippen molar-refractivity contribution in [3.8, 4) is 0 Å². The first-order valence-corrected chi connectivity index (χ1v) is 4.65. The summed E-state index contributed by atoms with van der Waals surface area (Å²) in [5, 5.41) is 0. The zero-order chi connectivity index (χ0) is 10.8. The summed E-state index contributed by atoms with van der Waals surface area (Å²) in [6.07, 6.45) is 3.75. The second-order valence-electron chi connectivity index (χ2n) is 2.12. The largest absolute Gasteiger partial charge is 0.0999 e. The summed E-state index contributed by atoms with van der Waals surface area (Å²) >= 11 is 0. The van der Waals surface area contributed by atoms with Gasteiger partial charge in [0.2, 0.25) is 0 Å². The maximum absolute atomic E-state index is 5.99. The number of rotatable bonds is 0. The Hall–Kier alpha value is 0.0649. The molecule has 0 aromatic carbocycles. The van der Waals surface area contributed by atoms with Crippen LogP contribution in [0.15, 0.2) is 0 Å². The van der Waals surface area contributed by atoms with Gasteiger partial charge in [-0.05, 0) is 0 Å². The van der Waals surface area contributed by atoms with Crippen LogP contribution in [0, 0.1) is 0 Å². The van der Waals surface area contributed by atoms with E-state index in [0.717, 1.165) is 0 Å². The minimum atomic E-state index is 0. The summed E-state index contributed by atoms with van der Waals surface area (Å²) < 4.78 is 5.99. The van der Waals surface area contributed by atoms with Crippen molar-refractivity contribution in [2.24, 2.45) is 0 Å². The van der Waals surface area contributed by atoms with Crippen LogP contribution in [0.5, 0.6) is 0 Å². The fourth-order valence-electron chi connectivity index (χ4n) is 0. The van der Waals surface area contributed by atoms with Gasteiger partial charge in [-0.3, -0.25) is 0 Å². The SMILES string of the molecule is CCC.CCC.CCC.[3H]C[B]. The van der Waals surface area contributed by atoms with Gasteiger partial charge in [0.05, 0.1) is 7.85 Å². The van der Waals surface area contributed by atoms with Gasteiger partial charge in [0.15, 0.2) is 0 Å². The van der Waals surface area contributed by atoms with Crippen molar-refractivity contribution in [3.63, 3.8) is 0 Å². The minimum absolute atomic E-state index is 0. The van der Waals surface area contributed by atoms with Crippen molar-refractivity contribution in [2.45, 2.75) is 67.6 Å². The van der Waals surface area contributed by atoms with E-state index in [1.54, 1.807) is 0 Å². The predicted molar refractivity (Wildman–Crippen MR) is 59.5 cm³/mol. The highest BCUT2D eigenvalue weighted by atomic mass is 13.4. The van der Waals surface area contributed by atoms with Gasteiger partial charge in [-0.1, -0.05) is 67.6 Å². The van der Waals surface area contributed by atoms with Gasteiger partial charge >= 0.3 is 0 Å². The molecule has 1 heteroatoms. The van der Waals surface area contributed by atoms with Crippen LogP contribution in [0.1, 0.15) is 62.2 Å². The minimum Gasteiger partial charge on any atom is -0.0999 e. The van der Waals surface area contributed by atoms with Gasteiger partial charge < -0.3 is 0 Å². The summed E-state index contributed by atoms with van der Waals surface area (Å²) in [5.41, 5.74) is 0. The van der Waals surface area contributed by atoms with Crippen LogP contribution < -0.4 is 0 Å². The van der Waals surface area contributed by atoms with Gasteiger partial charge in [-0.2, -0.15) is 0 Å². The Balaban J connectivity index is -0.0000000356. The Morgan fingerprint density at radius 3 is 0.818 bits per heavy atom. The van der Waals surface area contributed by atoms with Crippen LogP contribution in [0.25, 0.3) is 0 Å². The van der Waals surface area contributed by atoms with Crippen LogP contribution in [0.4, 0.5) is 0 Å². The zero-order valence-electron chi connectivity index (χ0n) is 10.4. The van der Waals surface area contributed by atoms with Crippen LogP contribution in [0.3, 0.4) is 0 Å². The maximum Gasteiger partial charge on any atom is 0.0606 e. The lowest BCUT2D eigenvalue weighted by Gasteiger charge is -1.48. The van der Waals surface area contributed by atoms with E-state index >= 15 is 0 Å². The Morgan fingerprint density at radius 2 is 0.818 bits per heavy atom. The average Bonchev–Trinajstić information content (AvgIpc) is 1.92. The molecule has 0 aliphatic heterocycles. The Bertz CT molecular complexity index is 17.8. The van der Waals surface area contributed by atoms with E-state index in [0.29, 0.717) is 0 Å². The lowest BCUT2D eigenvalue weighted by molar-refractivity contribution is 1.09. The van der Waals surface area contributed by atoms with E-state index in [2.05, 4.69) is 49.4 Å². The quantitative estimate of drug-likeness (QED) is 0.459. The highest BCUT2D eigenvalue weighted by Crippen LogP contribution is 1.56. The molecule has 0 unspecified atom stereocenters. The molecule has 0 bridgehead atoms. The van der Waals surface area contributed by atoms with Gasteiger partial charge in [-0.25, -0.2) is 0 Å². The Kier molecular flexibility index (Phi) is 138. The molecule has 0 fully saturated rings. The summed E-state index contributed by atoms with van der Waals surface area (Å²) in [4.78, 5) is 0. The van der Waals surface area contributed by atoms with Crippen LogP contribution in [-0.4, -0.2) is 7.85 Å². The average molecular weight is 160 g/mol. The standard InChI is InChI=1S/3C3H8.CH3B/c3*1-3-2;1-2/h3*3H2,1-2H3;1H3/i;;;1T. The predicted octanol–water partition coefficient (Wildman–Crippen LogP) is 4.45. The molecule has 70 valence electrons. The van der Waals surface area contributed by atoms with E-state index in [1.807, 2.05) is 0 Å². The van der Waals surface area contributed by atoms with Crippen molar-refractivity contribution in [2.75, 3.05) is 0 Å². The van der Waals surface area contributed by atoms with E-state index in [1.165, 1.54) is 19.3 Å². The lowest BCUT2D eigenvalue weighted by atomic mass is 10.2. The third-order valence-corrected chi connectivity index (χ3v) is 0.